The number of aromatic nitrogens is 1. The van der Waals surface area contributed by atoms with Crippen LogP contribution >= 0.6 is 0 Å². The van der Waals surface area contributed by atoms with E-state index in [1.807, 2.05) is 30.5 Å². The number of hydrogen-bond acceptors (Lipinski definition) is 3. The summed E-state index contributed by atoms with van der Waals surface area (Å²) in [5.41, 5.74) is 2.00. The van der Waals surface area contributed by atoms with Crippen LogP contribution < -0.4 is 10.6 Å². The van der Waals surface area contributed by atoms with Crippen LogP contribution in [-0.4, -0.2) is 47.9 Å². The Bertz CT molecular complexity index is 1080. The van der Waals surface area contributed by atoms with E-state index in [0.717, 1.165) is 48.8 Å². The zero-order chi connectivity index (χ0) is 22.4. The van der Waals surface area contributed by atoms with E-state index in [4.69, 9.17) is 0 Å². The number of aromatic amines is 1. The van der Waals surface area contributed by atoms with Crippen molar-refractivity contribution in [3.63, 3.8) is 0 Å². The number of amides is 2. The van der Waals surface area contributed by atoms with Gasteiger partial charge in [-0.05, 0) is 99.7 Å². The van der Waals surface area contributed by atoms with E-state index in [1.54, 1.807) is 0 Å². The van der Waals surface area contributed by atoms with Crippen molar-refractivity contribution in [3.05, 3.63) is 42.6 Å². The number of unbranched alkanes of at least 4 members (excludes halogenated alkanes) is 1. The second kappa shape index (κ2) is 8.32. The first-order chi connectivity index (χ1) is 16.2. The van der Waals surface area contributed by atoms with Crippen LogP contribution in [0.4, 0.5) is 5.69 Å². The number of anilines is 1. The minimum Gasteiger partial charge on any atom is -0.361 e. The molecule has 2 amide bonds. The van der Waals surface area contributed by atoms with Crippen molar-refractivity contribution in [2.24, 2.45) is 29.1 Å². The molecule has 2 bridgehead atoms. The fourth-order valence-corrected chi connectivity index (χ4v) is 6.86. The maximum atomic E-state index is 13.5. The molecule has 1 spiro atoms. The molecule has 4 aliphatic rings. The van der Waals surface area contributed by atoms with Crippen LogP contribution in [0.5, 0.6) is 0 Å². The third-order valence-corrected chi connectivity index (χ3v) is 8.67. The number of carbonyl (C=O) groups is 2. The predicted octanol–water partition coefficient (Wildman–Crippen LogP) is 3.93. The number of nitrogens with zero attached hydrogens (tertiary/aromatic N) is 1. The number of allylic oxidation sites excluding steroid dienone is 2. The largest absolute Gasteiger partial charge is 0.361 e. The van der Waals surface area contributed by atoms with Gasteiger partial charge in [-0.2, -0.15) is 0 Å². The summed E-state index contributed by atoms with van der Waals surface area (Å²) in [5.74, 6) is -0.0896. The first-order valence-electron chi connectivity index (χ1n) is 12.7. The highest BCUT2D eigenvalue weighted by Crippen LogP contribution is 2.72. The van der Waals surface area contributed by atoms with Gasteiger partial charge in [0.2, 0.25) is 11.8 Å². The highest BCUT2D eigenvalue weighted by Gasteiger charge is 2.69. The molecule has 6 heteroatoms. The van der Waals surface area contributed by atoms with E-state index in [0.29, 0.717) is 6.54 Å². The summed E-state index contributed by atoms with van der Waals surface area (Å²) < 4.78 is 0. The second-order valence-electron chi connectivity index (χ2n) is 10.5. The van der Waals surface area contributed by atoms with Gasteiger partial charge in [-0.1, -0.05) is 12.2 Å². The Labute approximate surface area is 195 Å². The molecule has 3 fully saturated rings. The van der Waals surface area contributed by atoms with Gasteiger partial charge in [0.15, 0.2) is 0 Å². The van der Waals surface area contributed by atoms with Crippen LogP contribution in [0.15, 0.2) is 42.6 Å². The first kappa shape index (κ1) is 21.0. The van der Waals surface area contributed by atoms with E-state index in [9.17, 15) is 9.59 Å². The van der Waals surface area contributed by atoms with Crippen molar-refractivity contribution in [1.82, 2.24) is 15.2 Å². The standard InChI is InChI=1S/C27H34N4O2/c32-25(29-12-1-2-14-31-15-3-4-16-31)23-20-6-7-21(27(20)10-11-27)24(23)26(33)30-19-5-8-22-18(17-19)9-13-28-22/h5-9,13,17,20-21,23-24,28H,1-4,10-12,14-16H2,(H,29,32)(H,30,33)/t20-,21+,23-,24-/m1/s1. The van der Waals surface area contributed by atoms with Gasteiger partial charge < -0.3 is 20.5 Å². The molecule has 6 rings (SSSR count). The SMILES string of the molecule is O=C(NCCCCN1CCCC1)[C@H]1[C@H](C(=O)Nc2ccc3[nH]ccc3c2)[C@@H]2C=C[C@H]1C21CC1. The van der Waals surface area contributed by atoms with E-state index < -0.39 is 0 Å². The molecule has 174 valence electrons. The van der Waals surface area contributed by atoms with Crippen LogP contribution in [-0.2, 0) is 9.59 Å². The average Bonchev–Trinajstić information content (AvgIpc) is 3.16. The zero-order valence-corrected chi connectivity index (χ0v) is 19.2. The van der Waals surface area contributed by atoms with Gasteiger partial charge in [0, 0.05) is 29.3 Å². The fraction of sp³-hybridized carbons (Fsp3) is 0.556. The molecule has 2 saturated carbocycles. The number of likely N-dealkylation sites (tertiary alicyclic amines) is 1. The van der Waals surface area contributed by atoms with Crippen molar-refractivity contribution in [2.75, 3.05) is 31.5 Å². The Kier molecular flexibility index (Phi) is 5.28. The Morgan fingerprint density at radius 1 is 1.00 bits per heavy atom. The number of benzene rings is 1. The number of fused-ring (bicyclic) bond motifs is 1. The molecule has 3 N–H and O–H groups in total. The van der Waals surface area contributed by atoms with E-state index in [2.05, 4.69) is 32.7 Å². The zero-order valence-electron chi connectivity index (χ0n) is 19.2. The highest BCUT2D eigenvalue weighted by atomic mass is 16.2. The Balaban J connectivity index is 1.11. The van der Waals surface area contributed by atoms with Crippen molar-refractivity contribution < 1.29 is 9.59 Å². The van der Waals surface area contributed by atoms with Gasteiger partial charge in [0.1, 0.15) is 0 Å². The maximum Gasteiger partial charge on any atom is 0.228 e. The lowest BCUT2D eigenvalue weighted by molar-refractivity contribution is -0.132. The van der Waals surface area contributed by atoms with Gasteiger partial charge in [-0.3, -0.25) is 9.59 Å². The van der Waals surface area contributed by atoms with Crippen LogP contribution in [0.1, 0.15) is 38.5 Å². The maximum absolute atomic E-state index is 13.5. The summed E-state index contributed by atoms with van der Waals surface area (Å²) in [6.07, 6.45) is 13.4. The third kappa shape index (κ3) is 3.68. The van der Waals surface area contributed by atoms with Gasteiger partial charge in [0.05, 0.1) is 11.8 Å². The van der Waals surface area contributed by atoms with E-state index in [-0.39, 0.29) is 40.9 Å². The number of nitrogens with one attached hydrogen (secondary N) is 3. The van der Waals surface area contributed by atoms with E-state index in [1.165, 1.54) is 25.9 Å². The lowest BCUT2D eigenvalue weighted by Crippen LogP contribution is -2.42. The molecule has 2 aromatic rings. The van der Waals surface area contributed by atoms with Crippen LogP contribution in [0.2, 0.25) is 0 Å². The lowest BCUT2D eigenvalue weighted by Gasteiger charge is -2.26. The summed E-state index contributed by atoms with van der Waals surface area (Å²) >= 11 is 0. The summed E-state index contributed by atoms with van der Waals surface area (Å²) in [4.78, 5) is 32.5. The van der Waals surface area contributed by atoms with Gasteiger partial charge in [-0.15, -0.1) is 0 Å². The Morgan fingerprint density at radius 2 is 1.76 bits per heavy atom. The monoisotopic (exact) mass is 446 g/mol. The van der Waals surface area contributed by atoms with Gasteiger partial charge >= 0.3 is 0 Å². The lowest BCUT2D eigenvalue weighted by atomic mass is 9.81. The van der Waals surface area contributed by atoms with Crippen LogP contribution in [0, 0.1) is 29.1 Å². The molecule has 1 saturated heterocycles. The smallest absolute Gasteiger partial charge is 0.228 e. The predicted molar refractivity (Wildman–Crippen MR) is 130 cm³/mol. The quantitative estimate of drug-likeness (QED) is 0.425. The Hall–Kier alpha value is -2.60. The van der Waals surface area contributed by atoms with Crippen LogP contribution in [0.3, 0.4) is 0 Å². The molecule has 6 nitrogen and oxygen atoms in total. The minimum absolute atomic E-state index is 0.0119. The minimum atomic E-state index is -0.283. The topological polar surface area (TPSA) is 77.2 Å². The number of H-pyrrole nitrogens is 1. The number of carbonyl (C=O) groups excluding carboxylic acids is 2. The van der Waals surface area contributed by atoms with Crippen LogP contribution in [0.25, 0.3) is 10.9 Å². The first-order valence-corrected chi connectivity index (χ1v) is 12.7. The molecule has 1 aliphatic heterocycles. The van der Waals surface area contributed by atoms with Gasteiger partial charge in [-0.25, -0.2) is 0 Å². The third-order valence-electron chi connectivity index (χ3n) is 8.67. The fourth-order valence-electron chi connectivity index (χ4n) is 6.86. The molecule has 0 unspecified atom stereocenters. The number of rotatable bonds is 8. The van der Waals surface area contributed by atoms with Crippen molar-refractivity contribution in [3.8, 4) is 0 Å². The summed E-state index contributed by atoms with van der Waals surface area (Å²) in [7, 11) is 0. The van der Waals surface area contributed by atoms with Gasteiger partial charge in [0.25, 0.3) is 0 Å². The molecule has 1 aromatic heterocycles. The summed E-state index contributed by atoms with van der Waals surface area (Å²) in [5, 5.41) is 7.40. The molecule has 0 radical (unpaired) electrons. The van der Waals surface area contributed by atoms with E-state index >= 15 is 0 Å². The van der Waals surface area contributed by atoms with Crippen molar-refractivity contribution in [2.45, 2.75) is 38.5 Å². The second-order valence-corrected chi connectivity index (χ2v) is 10.5. The molecule has 2 heterocycles. The molecule has 4 atom stereocenters. The molecular weight excluding hydrogens is 412 g/mol. The molecule has 33 heavy (non-hydrogen) atoms. The normalized spacial score (nSPS) is 29.2. The average molecular weight is 447 g/mol. The summed E-state index contributed by atoms with van der Waals surface area (Å²) in [6.45, 7) is 4.28. The summed E-state index contributed by atoms with van der Waals surface area (Å²) in [6, 6.07) is 7.92. The van der Waals surface area contributed by atoms with Crippen molar-refractivity contribution >= 4 is 28.4 Å². The molecular formula is C27H34N4O2. The van der Waals surface area contributed by atoms with Crippen molar-refractivity contribution in [1.29, 1.82) is 0 Å². The molecule has 1 aromatic carbocycles. The number of hydrogen-bond donors (Lipinski definition) is 3. The Morgan fingerprint density at radius 3 is 2.52 bits per heavy atom. The highest BCUT2D eigenvalue weighted by molar-refractivity contribution is 5.99. The molecule has 3 aliphatic carbocycles.